The molecule has 1 N–H and O–H groups in total. The fourth-order valence-corrected chi connectivity index (χ4v) is 2.40. The van der Waals surface area contributed by atoms with Gasteiger partial charge in [0.15, 0.2) is 11.6 Å². The molecule has 0 fully saturated rings. The number of carbonyl (C=O) groups is 2. The van der Waals surface area contributed by atoms with Crippen molar-refractivity contribution in [1.82, 2.24) is 4.57 Å². The topological polar surface area (TPSA) is 77.4 Å². The van der Waals surface area contributed by atoms with Crippen LogP contribution in [0.1, 0.15) is 31.1 Å². The lowest BCUT2D eigenvalue weighted by molar-refractivity contribution is -0.114. The summed E-state index contributed by atoms with van der Waals surface area (Å²) in [6, 6.07) is 0.857. The molecule has 1 heterocycles. The Morgan fingerprint density at radius 3 is 2.50 bits per heavy atom. The molecule has 0 aliphatic heterocycles. The van der Waals surface area contributed by atoms with Crippen molar-refractivity contribution in [2.24, 2.45) is 0 Å². The highest BCUT2D eigenvalue weighted by Gasteiger charge is 2.23. The van der Waals surface area contributed by atoms with Gasteiger partial charge in [0.05, 0.1) is 23.2 Å². The Kier molecular flexibility index (Phi) is 4.96. The van der Waals surface area contributed by atoms with Crippen molar-refractivity contribution >= 4 is 28.5 Å². The Balaban J connectivity index is 2.96. The lowest BCUT2D eigenvalue weighted by atomic mass is 10.1. The number of nitrogens with zero attached hydrogens (tertiary/aromatic N) is 1. The zero-order valence-electron chi connectivity index (χ0n) is 13.4. The summed E-state index contributed by atoms with van der Waals surface area (Å²) >= 11 is 0. The minimum atomic E-state index is -1.36. The van der Waals surface area contributed by atoms with Crippen molar-refractivity contribution < 1.29 is 23.1 Å². The molecule has 0 saturated heterocycles. The number of pyridine rings is 1. The molecule has 2 rings (SSSR count). The molecule has 0 unspecified atom stereocenters. The van der Waals surface area contributed by atoms with Crippen LogP contribution >= 0.6 is 0 Å². The second-order valence-electron chi connectivity index (χ2n) is 5.00. The van der Waals surface area contributed by atoms with Gasteiger partial charge in [-0.15, -0.1) is 0 Å². The van der Waals surface area contributed by atoms with Crippen molar-refractivity contribution in [3.05, 3.63) is 39.7 Å². The molecule has 6 nitrogen and oxygen atoms in total. The van der Waals surface area contributed by atoms with Crippen LogP contribution in [-0.4, -0.2) is 23.1 Å². The molecule has 0 saturated carbocycles. The number of hydrogen-bond donors (Lipinski definition) is 1. The van der Waals surface area contributed by atoms with Gasteiger partial charge in [0.2, 0.25) is 11.3 Å². The van der Waals surface area contributed by atoms with Crippen molar-refractivity contribution in [3.8, 4) is 0 Å². The van der Waals surface area contributed by atoms with Crippen LogP contribution in [0.5, 0.6) is 0 Å². The number of nitrogens with one attached hydrogen (secondary N) is 1. The van der Waals surface area contributed by atoms with Gasteiger partial charge in [0, 0.05) is 25.7 Å². The van der Waals surface area contributed by atoms with Crippen molar-refractivity contribution in [1.29, 1.82) is 0 Å². The number of fused-ring (bicyclic) bond motifs is 1. The maximum absolute atomic E-state index is 14.1. The van der Waals surface area contributed by atoms with Crippen LogP contribution in [0.4, 0.5) is 14.5 Å². The Bertz CT molecular complexity index is 890. The molecule has 1 amide bonds. The summed E-state index contributed by atoms with van der Waals surface area (Å²) in [4.78, 5) is 35.9. The van der Waals surface area contributed by atoms with Crippen molar-refractivity contribution in [2.75, 3.05) is 11.9 Å². The molecule has 1 aromatic heterocycles. The number of esters is 1. The highest BCUT2D eigenvalue weighted by Crippen LogP contribution is 2.27. The zero-order valence-corrected chi connectivity index (χ0v) is 13.4. The number of carbonyl (C=O) groups excluding carboxylic acids is 2. The molecule has 0 atom stereocenters. The van der Waals surface area contributed by atoms with Crippen LogP contribution in [0.3, 0.4) is 0 Å². The fraction of sp³-hybridized carbons (Fsp3) is 0.312. The van der Waals surface area contributed by atoms with Gasteiger partial charge in [0.1, 0.15) is 5.56 Å². The third-order valence-electron chi connectivity index (χ3n) is 3.40. The van der Waals surface area contributed by atoms with Crippen LogP contribution < -0.4 is 10.7 Å². The van der Waals surface area contributed by atoms with E-state index in [0.29, 0.717) is 0 Å². The Hall–Kier alpha value is -2.77. The summed E-state index contributed by atoms with van der Waals surface area (Å²) in [6.45, 7) is 4.73. The van der Waals surface area contributed by atoms with Gasteiger partial charge < -0.3 is 14.6 Å². The first-order chi connectivity index (χ1) is 11.3. The van der Waals surface area contributed by atoms with E-state index in [0.717, 1.165) is 13.0 Å². The van der Waals surface area contributed by atoms with E-state index >= 15 is 0 Å². The lowest BCUT2D eigenvalue weighted by Gasteiger charge is -2.15. The quantitative estimate of drug-likeness (QED) is 0.869. The number of ether oxygens (including phenoxy) is 1. The number of rotatable bonds is 4. The van der Waals surface area contributed by atoms with Gasteiger partial charge in [-0.3, -0.25) is 9.59 Å². The summed E-state index contributed by atoms with van der Waals surface area (Å²) in [5, 5.41) is 1.85. The molecule has 0 aliphatic carbocycles. The third-order valence-corrected chi connectivity index (χ3v) is 3.40. The number of amides is 1. The minimum absolute atomic E-state index is 0.0543. The summed E-state index contributed by atoms with van der Waals surface area (Å²) < 4.78 is 34.2. The van der Waals surface area contributed by atoms with E-state index < -0.39 is 34.6 Å². The Labute approximate surface area is 136 Å². The van der Waals surface area contributed by atoms with Gasteiger partial charge in [-0.2, -0.15) is 0 Å². The average molecular weight is 338 g/mol. The highest BCUT2D eigenvalue weighted by molar-refractivity contribution is 6.03. The molecule has 0 aliphatic rings. The third kappa shape index (κ3) is 2.99. The van der Waals surface area contributed by atoms with E-state index in [9.17, 15) is 23.2 Å². The van der Waals surface area contributed by atoms with Crippen molar-refractivity contribution in [3.63, 3.8) is 0 Å². The fourth-order valence-electron chi connectivity index (χ4n) is 2.40. The smallest absolute Gasteiger partial charge is 0.343 e. The maximum Gasteiger partial charge on any atom is 0.343 e. The molecule has 8 heteroatoms. The molecule has 0 spiro atoms. The maximum atomic E-state index is 14.1. The van der Waals surface area contributed by atoms with Crippen LogP contribution in [0.15, 0.2) is 17.1 Å². The van der Waals surface area contributed by atoms with Gasteiger partial charge in [0.25, 0.3) is 0 Å². The van der Waals surface area contributed by atoms with E-state index in [4.69, 9.17) is 4.74 Å². The van der Waals surface area contributed by atoms with Crippen LogP contribution in [0.25, 0.3) is 10.9 Å². The minimum Gasteiger partial charge on any atom is -0.462 e. The van der Waals surface area contributed by atoms with Gasteiger partial charge >= 0.3 is 5.97 Å². The van der Waals surface area contributed by atoms with Crippen molar-refractivity contribution in [2.45, 2.75) is 27.3 Å². The molecule has 1 aromatic carbocycles. The number of benzene rings is 1. The molecular weight excluding hydrogens is 322 g/mol. The van der Waals surface area contributed by atoms with E-state index in [-0.39, 0.29) is 29.6 Å². The normalized spacial score (nSPS) is 10.7. The summed E-state index contributed by atoms with van der Waals surface area (Å²) in [5.74, 6) is -4.12. The molecule has 0 bridgehead atoms. The molecular formula is C16H16F2N2O4. The second kappa shape index (κ2) is 6.77. The summed E-state index contributed by atoms with van der Waals surface area (Å²) in [7, 11) is 0. The first-order valence-corrected chi connectivity index (χ1v) is 7.31. The Morgan fingerprint density at radius 2 is 1.96 bits per heavy atom. The predicted octanol–water partition coefficient (Wildman–Crippen LogP) is 2.43. The predicted molar refractivity (Wildman–Crippen MR) is 84.1 cm³/mol. The van der Waals surface area contributed by atoms with E-state index in [1.807, 2.05) is 0 Å². The number of aryl methyl sites for hydroxylation is 1. The van der Waals surface area contributed by atoms with E-state index in [2.05, 4.69) is 5.32 Å². The number of hydrogen-bond acceptors (Lipinski definition) is 4. The molecule has 24 heavy (non-hydrogen) atoms. The van der Waals surface area contributed by atoms with E-state index in [1.54, 1.807) is 13.8 Å². The van der Waals surface area contributed by atoms with Crippen LogP contribution in [0, 0.1) is 11.6 Å². The Morgan fingerprint density at radius 1 is 1.29 bits per heavy atom. The molecule has 2 aromatic rings. The largest absolute Gasteiger partial charge is 0.462 e. The monoisotopic (exact) mass is 338 g/mol. The van der Waals surface area contributed by atoms with Crippen LogP contribution in [-0.2, 0) is 16.1 Å². The number of aromatic nitrogens is 1. The number of anilines is 1. The second-order valence-corrected chi connectivity index (χ2v) is 5.00. The highest BCUT2D eigenvalue weighted by atomic mass is 19.2. The summed E-state index contributed by atoms with van der Waals surface area (Å²) in [6.07, 6.45) is 1.23. The zero-order chi connectivity index (χ0) is 18.0. The molecule has 0 radical (unpaired) electrons. The number of halogens is 2. The van der Waals surface area contributed by atoms with Gasteiger partial charge in [-0.25, -0.2) is 13.6 Å². The SMILES string of the molecule is CCOC(=O)c1cn(CC)c2cc(F)c(F)c(NC(C)=O)c2c1=O. The average Bonchev–Trinajstić information content (AvgIpc) is 2.51. The summed E-state index contributed by atoms with van der Waals surface area (Å²) in [5.41, 5.74) is -1.67. The van der Waals surface area contributed by atoms with E-state index in [1.165, 1.54) is 10.8 Å². The first kappa shape index (κ1) is 17.6. The van der Waals surface area contributed by atoms with Gasteiger partial charge in [-0.05, 0) is 13.8 Å². The van der Waals surface area contributed by atoms with Crippen LogP contribution in [0.2, 0.25) is 0 Å². The standard InChI is InChI=1S/C16H16F2N2O4/c1-4-20-7-9(16(23)24-5-2)15(22)12-11(20)6-10(17)13(18)14(12)19-8(3)21/h6-7H,4-5H2,1-3H3,(H,19,21). The lowest BCUT2D eigenvalue weighted by Crippen LogP contribution is -2.23. The first-order valence-electron chi connectivity index (χ1n) is 7.31. The molecule has 128 valence electrons. The van der Waals surface area contributed by atoms with Gasteiger partial charge in [-0.1, -0.05) is 0 Å².